The minimum atomic E-state index is -0.505. The molecular weight excluding hydrogens is 492 g/mol. The molecule has 0 bridgehead atoms. The zero-order chi connectivity index (χ0) is 23.2. The predicted molar refractivity (Wildman–Crippen MR) is 126 cm³/mol. The highest BCUT2D eigenvalue weighted by Gasteiger charge is 2.19. The fraction of sp³-hybridized carbons (Fsp3) is 0.0870. The van der Waals surface area contributed by atoms with Crippen LogP contribution in [0.25, 0.3) is 10.9 Å². The highest BCUT2D eigenvalue weighted by molar-refractivity contribution is 9.09. The molecule has 0 unspecified atom stereocenters. The van der Waals surface area contributed by atoms with Gasteiger partial charge >= 0.3 is 5.69 Å². The number of nitrogens with zero attached hydrogens (tertiary/aromatic N) is 3. The number of hydrogen-bond acceptors (Lipinski definition) is 7. The number of amides is 1. The van der Waals surface area contributed by atoms with E-state index in [-0.39, 0.29) is 24.0 Å². The molecule has 0 aliphatic rings. The fourth-order valence-electron chi connectivity index (χ4n) is 3.06. The Kier molecular flexibility index (Phi) is 6.75. The molecule has 2 aromatic carbocycles. The van der Waals surface area contributed by atoms with Crippen molar-refractivity contribution in [2.75, 3.05) is 17.3 Å². The smallest absolute Gasteiger partial charge is 0.311 e. The highest BCUT2D eigenvalue weighted by Crippen LogP contribution is 2.37. The summed E-state index contributed by atoms with van der Waals surface area (Å²) in [5.74, 6) is 1.13. The second-order valence-electron chi connectivity index (χ2n) is 6.74. The number of pyridine rings is 2. The van der Waals surface area contributed by atoms with Crippen molar-refractivity contribution in [2.24, 2.45) is 0 Å². The summed E-state index contributed by atoms with van der Waals surface area (Å²) in [5, 5.41) is 15.3. The maximum absolute atomic E-state index is 12.4. The van der Waals surface area contributed by atoms with E-state index in [1.54, 1.807) is 60.9 Å². The summed E-state index contributed by atoms with van der Waals surface area (Å²) in [5.41, 5.74) is 0.744. The van der Waals surface area contributed by atoms with Gasteiger partial charge in [-0.2, -0.15) is 0 Å². The first kappa shape index (κ1) is 22.2. The quantitative estimate of drug-likeness (QED) is 0.193. The van der Waals surface area contributed by atoms with Crippen LogP contribution >= 0.6 is 15.9 Å². The zero-order valence-electron chi connectivity index (χ0n) is 17.1. The summed E-state index contributed by atoms with van der Waals surface area (Å²) in [6.45, 7) is 0.281. The topological polar surface area (TPSA) is 116 Å². The van der Waals surface area contributed by atoms with Crippen molar-refractivity contribution >= 4 is 44.2 Å². The molecular formula is C23H17BrN4O5. The molecule has 4 aromatic rings. The van der Waals surface area contributed by atoms with E-state index in [1.165, 1.54) is 12.1 Å². The summed E-state index contributed by atoms with van der Waals surface area (Å²) in [7, 11) is 0. The molecule has 33 heavy (non-hydrogen) atoms. The second kappa shape index (κ2) is 10.0. The van der Waals surface area contributed by atoms with E-state index in [0.717, 1.165) is 0 Å². The number of ether oxygens (including phenoxy) is 2. The summed E-state index contributed by atoms with van der Waals surface area (Å²) < 4.78 is 11.4. The Balaban J connectivity index is 1.57. The first-order valence-corrected chi connectivity index (χ1v) is 10.9. The molecule has 0 saturated heterocycles. The summed E-state index contributed by atoms with van der Waals surface area (Å²) in [6, 6.07) is 16.3. The Hall–Kier alpha value is -4.05. The lowest BCUT2D eigenvalue weighted by atomic mass is 10.1. The molecule has 4 rings (SSSR count). The number of halogens is 1. The number of fused-ring (bicyclic) bond motifs is 1. The van der Waals surface area contributed by atoms with Gasteiger partial charge in [0.05, 0.1) is 22.4 Å². The van der Waals surface area contributed by atoms with Gasteiger partial charge in [-0.25, -0.2) is 4.98 Å². The van der Waals surface area contributed by atoms with Crippen LogP contribution in [0.15, 0.2) is 73.1 Å². The summed E-state index contributed by atoms with van der Waals surface area (Å²) >= 11 is 3.24. The number of nitrogens with one attached hydrogen (secondary N) is 1. The molecule has 166 valence electrons. The lowest BCUT2D eigenvalue weighted by molar-refractivity contribution is -0.385. The van der Waals surface area contributed by atoms with Gasteiger partial charge < -0.3 is 14.8 Å². The summed E-state index contributed by atoms with van der Waals surface area (Å²) in [6.07, 6.45) is 3.14. The Morgan fingerprint density at radius 1 is 1.03 bits per heavy atom. The number of aromatic nitrogens is 2. The number of rotatable bonds is 8. The molecule has 1 amide bonds. The summed E-state index contributed by atoms with van der Waals surface area (Å²) in [4.78, 5) is 31.8. The number of nitro benzene ring substituents is 1. The number of nitro groups is 1. The molecule has 0 spiro atoms. The van der Waals surface area contributed by atoms with E-state index >= 15 is 0 Å². The molecule has 0 atom stereocenters. The average molecular weight is 509 g/mol. The van der Waals surface area contributed by atoms with Gasteiger partial charge in [-0.3, -0.25) is 19.9 Å². The average Bonchev–Trinajstić information content (AvgIpc) is 2.83. The van der Waals surface area contributed by atoms with Gasteiger partial charge in [0.25, 0.3) is 5.91 Å². The number of alkyl halides is 1. The number of anilines is 1. The van der Waals surface area contributed by atoms with Gasteiger partial charge in [0.1, 0.15) is 17.3 Å². The van der Waals surface area contributed by atoms with Gasteiger partial charge in [0.2, 0.25) is 0 Å². The molecule has 0 aliphatic heterocycles. The van der Waals surface area contributed by atoms with Crippen LogP contribution in [0, 0.1) is 10.1 Å². The zero-order valence-corrected chi connectivity index (χ0v) is 18.7. The molecule has 0 saturated carbocycles. The van der Waals surface area contributed by atoms with E-state index in [2.05, 4.69) is 31.2 Å². The van der Waals surface area contributed by atoms with Crippen LogP contribution in [0.1, 0.15) is 10.4 Å². The molecule has 10 heteroatoms. The molecule has 2 aromatic heterocycles. The van der Waals surface area contributed by atoms with E-state index in [1.807, 2.05) is 0 Å². The van der Waals surface area contributed by atoms with E-state index in [9.17, 15) is 14.9 Å². The van der Waals surface area contributed by atoms with Crippen LogP contribution in [-0.2, 0) is 0 Å². The van der Waals surface area contributed by atoms with Crippen LogP contribution in [0.3, 0.4) is 0 Å². The highest BCUT2D eigenvalue weighted by atomic mass is 79.9. The van der Waals surface area contributed by atoms with Crippen LogP contribution in [0.5, 0.6) is 17.2 Å². The van der Waals surface area contributed by atoms with E-state index in [0.29, 0.717) is 39.1 Å². The van der Waals surface area contributed by atoms with Gasteiger partial charge in [0, 0.05) is 35.4 Å². The van der Waals surface area contributed by atoms with E-state index < -0.39 is 4.92 Å². The van der Waals surface area contributed by atoms with Gasteiger partial charge in [-0.05, 0) is 42.5 Å². The van der Waals surface area contributed by atoms with Crippen LogP contribution in [0.2, 0.25) is 0 Å². The normalized spacial score (nSPS) is 10.6. The Labute approximate surface area is 196 Å². The maximum Gasteiger partial charge on any atom is 0.311 e. The second-order valence-corrected chi connectivity index (χ2v) is 7.53. The third-order valence-electron chi connectivity index (χ3n) is 4.56. The molecule has 0 aliphatic carbocycles. The standard InChI is InChI=1S/C23H17BrN4O5/c24-9-12-32-21-14-18-17(13-19(21)28(30)31)20(8-11-25-18)33-16-6-4-15(5-7-16)23(29)27-22-3-1-2-10-26-22/h1-8,10-11,13-14H,9,12H2,(H,26,27,29). The molecule has 0 fully saturated rings. The lowest BCUT2D eigenvalue weighted by Crippen LogP contribution is -2.12. The SMILES string of the molecule is O=C(Nc1ccccn1)c1ccc(Oc2ccnc3cc(OCCBr)c([N+](=O)[O-])cc23)cc1. The van der Waals surface area contributed by atoms with Crippen molar-refractivity contribution in [2.45, 2.75) is 0 Å². The predicted octanol–water partition coefficient (Wildman–Crippen LogP) is 5.36. The Morgan fingerprint density at radius 3 is 2.55 bits per heavy atom. The Morgan fingerprint density at radius 2 is 1.85 bits per heavy atom. The van der Waals surface area contributed by atoms with Crippen molar-refractivity contribution < 1.29 is 19.2 Å². The minimum absolute atomic E-state index is 0.139. The van der Waals surface area contributed by atoms with E-state index in [4.69, 9.17) is 9.47 Å². The monoisotopic (exact) mass is 508 g/mol. The third kappa shape index (κ3) is 5.24. The first-order valence-electron chi connectivity index (χ1n) is 9.81. The maximum atomic E-state index is 12.4. The number of hydrogen-bond donors (Lipinski definition) is 1. The largest absolute Gasteiger partial charge is 0.486 e. The number of benzene rings is 2. The molecule has 2 heterocycles. The van der Waals surface area contributed by atoms with Crippen molar-refractivity contribution in [3.05, 3.63) is 88.7 Å². The molecule has 1 N–H and O–H groups in total. The number of carbonyl (C=O) groups is 1. The molecule has 9 nitrogen and oxygen atoms in total. The van der Waals surface area contributed by atoms with Gasteiger partial charge in [0.15, 0.2) is 5.75 Å². The van der Waals surface area contributed by atoms with Gasteiger partial charge in [-0.1, -0.05) is 22.0 Å². The fourth-order valence-corrected chi connectivity index (χ4v) is 3.22. The van der Waals surface area contributed by atoms with Crippen LogP contribution in [-0.4, -0.2) is 32.7 Å². The Bertz CT molecular complexity index is 1300. The number of carbonyl (C=O) groups excluding carboxylic acids is 1. The van der Waals surface area contributed by atoms with Crippen molar-refractivity contribution in [1.29, 1.82) is 0 Å². The van der Waals surface area contributed by atoms with Gasteiger partial charge in [-0.15, -0.1) is 0 Å². The van der Waals surface area contributed by atoms with Crippen molar-refractivity contribution in [3.63, 3.8) is 0 Å². The first-order chi connectivity index (χ1) is 16.0. The van der Waals surface area contributed by atoms with Crippen LogP contribution < -0.4 is 14.8 Å². The third-order valence-corrected chi connectivity index (χ3v) is 4.89. The minimum Gasteiger partial charge on any atom is -0.486 e. The lowest BCUT2D eigenvalue weighted by Gasteiger charge is -2.11. The van der Waals surface area contributed by atoms with Crippen LogP contribution in [0.4, 0.5) is 11.5 Å². The van der Waals surface area contributed by atoms with Crippen molar-refractivity contribution in [3.8, 4) is 17.2 Å². The molecule has 0 radical (unpaired) electrons. The van der Waals surface area contributed by atoms with Crippen molar-refractivity contribution in [1.82, 2.24) is 9.97 Å².